The quantitative estimate of drug-likeness (QED) is 0.178. The molecule has 4 aromatic heterocycles. The number of halogens is 1. The average Bonchev–Trinajstić information content (AvgIpc) is 3.60. The van der Waals surface area contributed by atoms with Crippen molar-refractivity contribution < 1.29 is 9.18 Å². The lowest BCUT2D eigenvalue weighted by molar-refractivity contribution is -0.116. The number of carbonyl (C=O) groups is 1. The Morgan fingerprint density at radius 3 is 2.55 bits per heavy atom. The molecule has 11 nitrogen and oxygen atoms in total. The maximum atomic E-state index is 14.7. The van der Waals surface area contributed by atoms with Gasteiger partial charge in [0, 0.05) is 47.7 Å². The highest BCUT2D eigenvalue weighted by Crippen LogP contribution is 2.33. The molecule has 6 aromatic rings. The van der Waals surface area contributed by atoms with Crippen LogP contribution in [0.15, 0.2) is 67.1 Å². The van der Waals surface area contributed by atoms with Gasteiger partial charge in [0.05, 0.1) is 35.2 Å². The van der Waals surface area contributed by atoms with Gasteiger partial charge in [-0.15, -0.1) is 0 Å². The molecule has 0 aliphatic carbocycles. The van der Waals surface area contributed by atoms with Gasteiger partial charge in [0.15, 0.2) is 5.82 Å². The number of nitrogens with one attached hydrogen (secondary N) is 4. The number of pyridine rings is 2. The normalized spacial score (nSPS) is 11.6. The summed E-state index contributed by atoms with van der Waals surface area (Å²) in [6, 6.07) is 14.5. The highest BCUT2D eigenvalue weighted by Gasteiger charge is 2.17. The molecular formula is C32H33FN10O. The minimum Gasteiger partial charge on any atom is -0.384 e. The van der Waals surface area contributed by atoms with Crippen molar-refractivity contribution in [2.45, 2.75) is 0 Å². The van der Waals surface area contributed by atoms with Gasteiger partial charge in [0.1, 0.15) is 17.0 Å². The van der Waals surface area contributed by atoms with E-state index in [1.54, 1.807) is 23.5 Å². The third-order valence-electron chi connectivity index (χ3n) is 7.06. The van der Waals surface area contributed by atoms with Crippen LogP contribution in [0.3, 0.4) is 0 Å². The summed E-state index contributed by atoms with van der Waals surface area (Å²) in [7, 11) is 7.67. The molecule has 0 fully saturated rings. The van der Waals surface area contributed by atoms with Gasteiger partial charge < -0.3 is 25.4 Å². The van der Waals surface area contributed by atoms with Crippen molar-refractivity contribution in [3.05, 3.63) is 72.9 Å². The highest BCUT2D eigenvalue weighted by molar-refractivity contribution is 5.98. The summed E-state index contributed by atoms with van der Waals surface area (Å²) in [6.45, 7) is 1.77. The van der Waals surface area contributed by atoms with E-state index in [0.717, 1.165) is 34.1 Å². The summed E-state index contributed by atoms with van der Waals surface area (Å²) < 4.78 is 14.7. The second-order valence-corrected chi connectivity index (χ2v) is 11.2. The number of hydrogen-bond acceptors (Lipinski definition) is 8. The molecule has 2 aromatic carbocycles. The molecule has 44 heavy (non-hydrogen) atoms. The monoisotopic (exact) mass is 592 g/mol. The van der Waals surface area contributed by atoms with Gasteiger partial charge in [-0.05, 0) is 76.2 Å². The van der Waals surface area contributed by atoms with Gasteiger partial charge in [-0.3, -0.25) is 19.9 Å². The molecule has 0 bridgehead atoms. The predicted octanol–water partition coefficient (Wildman–Crippen LogP) is 4.84. The number of amides is 1. The van der Waals surface area contributed by atoms with Crippen LogP contribution in [0, 0.1) is 5.82 Å². The zero-order valence-corrected chi connectivity index (χ0v) is 24.9. The number of imidazole rings is 1. The fraction of sp³-hybridized carbons (Fsp3) is 0.219. The molecule has 0 aliphatic heterocycles. The zero-order valence-electron chi connectivity index (χ0n) is 24.9. The number of likely N-dealkylation sites (N-methyl/N-ethyl adjacent to an activating group) is 2. The summed E-state index contributed by atoms with van der Waals surface area (Å²) >= 11 is 0. The van der Waals surface area contributed by atoms with Crippen LogP contribution in [0.25, 0.3) is 55.8 Å². The Balaban J connectivity index is 1.33. The molecule has 0 unspecified atom stereocenters. The molecule has 0 saturated carbocycles. The number of nitrogens with zero attached hydrogens (tertiary/aromatic N) is 6. The number of carbonyl (C=O) groups excluding carboxylic acids is 1. The summed E-state index contributed by atoms with van der Waals surface area (Å²) in [6.07, 6.45) is 5.06. The van der Waals surface area contributed by atoms with Crippen molar-refractivity contribution in [3.63, 3.8) is 0 Å². The smallest absolute Gasteiger partial charge is 0.238 e. The Morgan fingerprint density at radius 1 is 0.886 bits per heavy atom. The summed E-state index contributed by atoms with van der Waals surface area (Å²) in [4.78, 5) is 33.3. The highest BCUT2D eigenvalue weighted by atomic mass is 19.1. The Labute approximate surface area is 253 Å². The third-order valence-corrected chi connectivity index (χ3v) is 7.06. The summed E-state index contributed by atoms with van der Waals surface area (Å²) in [5, 5.41) is 14.7. The second kappa shape index (κ2) is 12.2. The molecule has 0 radical (unpaired) electrons. The van der Waals surface area contributed by atoms with Crippen molar-refractivity contribution >= 4 is 39.2 Å². The van der Waals surface area contributed by atoms with Crippen molar-refractivity contribution in [1.82, 2.24) is 39.9 Å². The molecule has 0 saturated heterocycles. The van der Waals surface area contributed by atoms with E-state index in [9.17, 15) is 9.18 Å². The lowest BCUT2D eigenvalue weighted by Crippen LogP contribution is -2.27. The van der Waals surface area contributed by atoms with Gasteiger partial charge >= 0.3 is 0 Å². The number of rotatable bonds is 10. The van der Waals surface area contributed by atoms with Crippen LogP contribution in [-0.4, -0.2) is 93.7 Å². The van der Waals surface area contributed by atoms with E-state index in [1.165, 1.54) is 12.1 Å². The van der Waals surface area contributed by atoms with Crippen molar-refractivity contribution in [3.8, 4) is 33.9 Å². The molecule has 0 aliphatic rings. The van der Waals surface area contributed by atoms with Gasteiger partial charge in [0.2, 0.25) is 5.91 Å². The summed E-state index contributed by atoms with van der Waals surface area (Å²) in [5.41, 5.74) is 7.09. The fourth-order valence-corrected chi connectivity index (χ4v) is 5.04. The van der Waals surface area contributed by atoms with Crippen LogP contribution >= 0.6 is 0 Å². The van der Waals surface area contributed by atoms with Gasteiger partial charge in [-0.2, -0.15) is 5.10 Å². The van der Waals surface area contributed by atoms with Crippen molar-refractivity contribution in [2.75, 3.05) is 58.5 Å². The molecule has 224 valence electrons. The van der Waals surface area contributed by atoms with E-state index in [0.29, 0.717) is 46.2 Å². The molecular weight excluding hydrogens is 559 g/mol. The molecule has 6 rings (SSSR count). The number of aromatic nitrogens is 6. The van der Waals surface area contributed by atoms with Crippen LogP contribution in [-0.2, 0) is 4.79 Å². The maximum absolute atomic E-state index is 14.7. The molecule has 4 N–H and O–H groups in total. The van der Waals surface area contributed by atoms with Crippen molar-refractivity contribution in [2.24, 2.45) is 0 Å². The van der Waals surface area contributed by atoms with Gasteiger partial charge in [-0.1, -0.05) is 6.07 Å². The topological polar surface area (TPSA) is 131 Å². The minimum absolute atomic E-state index is 0.115. The van der Waals surface area contributed by atoms with E-state index >= 15 is 0 Å². The minimum atomic E-state index is -0.355. The fourth-order valence-electron chi connectivity index (χ4n) is 5.04. The molecule has 0 atom stereocenters. The number of hydrogen-bond donors (Lipinski definition) is 4. The van der Waals surface area contributed by atoms with Gasteiger partial charge in [0.25, 0.3) is 0 Å². The van der Waals surface area contributed by atoms with E-state index < -0.39 is 0 Å². The SMILES string of the molecule is CN(C)CCNc1cc(F)cc(-c2nccc3[nH]c(-c4n[nH]c5ccc(-c6cncc(NC(=O)CN(C)C)c6)cc45)nc23)c1. The number of H-pyrrole nitrogens is 2. The van der Waals surface area contributed by atoms with E-state index in [4.69, 9.17) is 4.98 Å². The van der Waals surface area contributed by atoms with E-state index in [1.807, 2.05) is 64.6 Å². The van der Waals surface area contributed by atoms with Crippen molar-refractivity contribution in [1.29, 1.82) is 0 Å². The van der Waals surface area contributed by atoms with Crippen LogP contribution in [0.1, 0.15) is 0 Å². The van der Waals surface area contributed by atoms with Crippen LogP contribution < -0.4 is 10.6 Å². The molecule has 12 heteroatoms. The summed E-state index contributed by atoms with van der Waals surface area (Å²) in [5.74, 6) is 0.0857. The zero-order chi connectivity index (χ0) is 30.8. The standard InChI is InChI=1S/C32H33FN10O/c1-42(2)10-9-35-23-12-20(11-22(33)15-23)29-31-27(7-8-36-29)38-32(39-31)30-25-14-19(5-6-26(25)40-41-30)21-13-24(17-34-16-21)37-28(44)18-43(3)4/h5-8,11-17,35H,9-10,18H2,1-4H3,(H,37,44)(H,38,39)(H,40,41). The lowest BCUT2D eigenvalue weighted by atomic mass is 10.0. The first-order chi connectivity index (χ1) is 21.2. The third kappa shape index (κ3) is 6.26. The Morgan fingerprint density at radius 2 is 1.73 bits per heavy atom. The largest absolute Gasteiger partial charge is 0.384 e. The first kappa shape index (κ1) is 28.9. The lowest BCUT2D eigenvalue weighted by Gasteiger charge is -2.12. The molecule has 4 heterocycles. The van der Waals surface area contributed by atoms with Crippen LogP contribution in [0.2, 0.25) is 0 Å². The molecule has 0 spiro atoms. The molecule has 1 amide bonds. The van der Waals surface area contributed by atoms with E-state index in [2.05, 4.69) is 40.7 Å². The number of aromatic amines is 2. The Kier molecular flexibility index (Phi) is 8.01. The first-order valence-corrected chi connectivity index (χ1v) is 14.2. The average molecular weight is 593 g/mol. The number of fused-ring (bicyclic) bond motifs is 2. The van der Waals surface area contributed by atoms with Gasteiger partial charge in [-0.25, -0.2) is 9.37 Å². The first-order valence-electron chi connectivity index (χ1n) is 14.2. The maximum Gasteiger partial charge on any atom is 0.238 e. The predicted molar refractivity (Wildman–Crippen MR) is 172 cm³/mol. The Hall–Kier alpha value is -5.20. The Bertz CT molecular complexity index is 1960. The van der Waals surface area contributed by atoms with Crippen LogP contribution in [0.4, 0.5) is 15.8 Å². The number of benzene rings is 2. The van der Waals surface area contributed by atoms with E-state index in [-0.39, 0.29) is 18.3 Å². The number of anilines is 2. The second-order valence-electron chi connectivity index (χ2n) is 11.2. The van der Waals surface area contributed by atoms with Crippen LogP contribution in [0.5, 0.6) is 0 Å².